The first-order chi connectivity index (χ1) is 14.2. The Labute approximate surface area is 181 Å². The molecule has 166 valence electrons. The highest BCUT2D eigenvalue weighted by atomic mass is 16.5. The normalized spacial score (nSPS) is 41.2. The van der Waals surface area contributed by atoms with Crippen LogP contribution in [0.25, 0.3) is 0 Å². The minimum atomic E-state index is -0.251. The van der Waals surface area contributed by atoms with Crippen molar-refractivity contribution in [3.63, 3.8) is 0 Å². The second kappa shape index (κ2) is 7.91. The van der Waals surface area contributed by atoms with E-state index >= 15 is 0 Å². The van der Waals surface area contributed by atoms with E-state index in [0.717, 1.165) is 51.4 Å². The van der Waals surface area contributed by atoms with Crippen molar-refractivity contribution in [2.45, 2.75) is 85.5 Å². The highest BCUT2D eigenvalue weighted by molar-refractivity contribution is 5.86. The maximum atomic E-state index is 13.1. The first-order valence-corrected chi connectivity index (χ1v) is 12.1. The Kier molecular flexibility index (Phi) is 5.74. The standard InChI is InChI=1S/C26H38O4/c1-5-16(2)24(29)30-15-23(28)22-9-8-20-19-7-6-17-14-18(27)10-12-25(17,3)21(19)11-13-26(20,22)4/h6,16,19-22H,5,7-15H2,1-4H3. The molecule has 0 bridgehead atoms. The summed E-state index contributed by atoms with van der Waals surface area (Å²) in [4.78, 5) is 37.1. The van der Waals surface area contributed by atoms with Gasteiger partial charge >= 0.3 is 5.97 Å². The largest absolute Gasteiger partial charge is 0.457 e. The summed E-state index contributed by atoms with van der Waals surface area (Å²) in [5.74, 6) is 1.95. The third-order valence-electron chi connectivity index (χ3n) is 9.70. The van der Waals surface area contributed by atoms with Crippen molar-refractivity contribution >= 4 is 17.5 Å². The molecule has 0 aromatic heterocycles. The summed E-state index contributed by atoms with van der Waals surface area (Å²) < 4.78 is 5.37. The van der Waals surface area contributed by atoms with Crippen LogP contribution in [0.15, 0.2) is 11.6 Å². The summed E-state index contributed by atoms with van der Waals surface area (Å²) in [6, 6.07) is 0. The van der Waals surface area contributed by atoms with Crippen LogP contribution in [0.4, 0.5) is 0 Å². The summed E-state index contributed by atoms with van der Waals surface area (Å²) in [6.45, 7) is 8.48. The summed E-state index contributed by atoms with van der Waals surface area (Å²) in [5.41, 5.74) is 1.59. The molecule has 4 rings (SSSR count). The first-order valence-electron chi connectivity index (χ1n) is 12.1. The fourth-order valence-corrected chi connectivity index (χ4v) is 7.56. The van der Waals surface area contributed by atoms with E-state index in [1.165, 1.54) is 5.57 Å². The van der Waals surface area contributed by atoms with Crippen LogP contribution < -0.4 is 0 Å². The van der Waals surface area contributed by atoms with Crippen molar-refractivity contribution in [3.05, 3.63) is 11.6 Å². The number of Topliss-reactive ketones (excluding diaryl/α,β-unsaturated/α-hetero) is 2. The van der Waals surface area contributed by atoms with Gasteiger partial charge in [-0.2, -0.15) is 0 Å². The van der Waals surface area contributed by atoms with Gasteiger partial charge < -0.3 is 4.74 Å². The number of ether oxygens (including phenoxy) is 1. The monoisotopic (exact) mass is 414 g/mol. The Morgan fingerprint density at radius 2 is 1.93 bits per heavy atom. The SMILES string of the molecule is CCC(C)C(=O)OCC(=O)C1CCC2C3CC=C4CC(=O)CCC4(C)C3CCC12C. The minimum absolute atomic E-state index is 0.0132. The molecular formula is C26H38O4. The number of carbonyl (C=O) groups excluding carboxylic acids is 3. The Morgan fingerprint density at radius 3 is 2.67 bits per heavy atom. The molecule has 0 heterocycles. The molecule has 0 aliphatic heterocycles. The Hall–Kier alpha value is -1.45. The average molecular weight is 415 g/mol. The van der Waals surface area contributed by atoms with Crippen LogP contribution in [0, 0.1) is 40.4 Å². The molecule has 3 fully saturated rings. The van der Waals surface area contributed by atoms with Crippen LogP contribution in [0.1, 0.15) is 85.5 Å². The van der Waals surface area contributed by atoms with Gasteiger partial charge in [0, 0.05) is 18.8 Å². The molecule has 0 N–H and O–H groups in total. The number of hydrogen-bond donors (Lipinski definition) is 0. The van der Waals surface area contributed by atoms with Crippen LogP contribution in [-0.4, -0.2) is 24.1 Å². The summed E-state index contributed by atoms with van der Waals surface area (Å²) in [6.07, 6.45) is 10.8. The van der Waals surface area contributed by atoms with Crippen LogP contribution in [-0.2, 0) is 19.1 Å². The number of esters is 1. The van der Waals surface area contributed by atoms with Gasteiger partial charge in [0.25, 0.3) is 0 Å². The van der Waals surface area contributed by atoms with Gasteiger partial charge in [-0.05, 0) is 73.5 Å². The second-order valence-electron chi connectivity index (χ2n) is 11.0. The summed E-state index contributed by atoms with van der Waals surface area (Å²) >= 11 is 0. The van der Waals surface area contributed by atoms with Gasteiger partial charge in [0.15, 0.2) is 5.78 Å². The lowest BCUT2D eigenvalue weighted by molar-refractivity contribution is -0.154. The number of allylic oxidation sites excluding steroid dienone is 2. The molecule has 0 spiro atoms. The Bertz CT molecular complexity index is 767. The van der Waals surface area contributed by atoms with Gasteiger partial charge in [-0.15, -0.1) is 0 Å². The lowest BCUT2D eigenvalue weighted by atomic mass is 9.47. The van der Waals surface area contributed by atoms with Gasteiger partial charge in [-0.1, -0.05) is 39.3 Å². The molecule has 4 nitrogen and oxygen atoms in total. The van der Waals surface area contributed by atoms with Gasteiger partial charge in [-0.25, -0.2) is 0 Å². The van der Waals surface area contributed by atoms with Crippen molar-refractivity contribution in [1.82, 2.24) is 0 Å². The van der Waals surface area contributed by atoms with E-state index in [1.807, 2.05) is 13.8 Å². The zero-order chi connectivity index (χ0) is 21.7. The summed E-state index contributed by atoms with van der Waals surface area (Å²) in [5, 5.41) is 0. The fourth-order valence-electron chi connectivity index (χ4n) is 7.56. The Morgan fingerprint density at radius 1 is 1.17 bits per heavy atom. The third-order valence-corrected chi connectivity index (χ3v) is 9.70. The van der Waals surface area contributed by atoms with Crippen LogP contribution in [0.2, 0.25) is 0 Å². The molecule has 4 aliphatic rings. The topological polar surface area (TPSA) is 60.4 Å². The summed E-state index contributed by atoms with van der Waals surface area (Å²) in [7, 11) is 0. The van der Waals surface area contributed by atoms with Gasteiger partial charge in [0.05, 0.1) is 5.92 Å². The fraction of sp³-hybridized carbons (Fsp3) is 0.808. The second-order valence-corrected chi connectivity index (χ2v) is 11.0. The lowest BCUT2D eigenvalue weighted by Gasteiger charge is -2.57. The van der Waals surface area contributed by atoms with Crippen molar-refractivity contribution in [3.8, 4) is 0 Å². The number of ketones is 2. The molecule has 4 aliphatic carbocycles. The van der Waals surface area contributed by atoms with Gasteiger partial charge in [0.1, 0.15) is 12.4 Å². The van der Waals surface area contributed by atoms with Crippen molar-refractivity contribution in [1.29, 1.82) is 0 Å². The number of fused-ring (bicyclic) bond motifs is 5. The predicted octanol–water partition coefficient (Wildman–Crippen LogP) is 5.29. The molecular weight excluding hydrogens is 376 g/mol. The average Bonchev–Trinajstić information content (AvgIpc) is 3.09. The molecule has 0 aromatic carbocycles. The van der Waals surface area contributed by atoms with Crippen molar-refractivity contribution in [2.75, 3.05) is 6.61 Å². The molecule has 0 radical (unpaired) electrons. The van der Waals surface area contributed by atoms with Crippen LogP contribution >= 0.6 is 0 Å². The molecule has 0 aromatic rings. The third kappa shape index (κ3) is 3.39. The predicted molar refractivity (Wildman–Crippen MR) is 116 cm³/mol. The highest BCUT2D eigenvalue weighted by Gasteiger charge is 2.59. The van der Waals surface area contributed by atoms with E-state index in [0.29, 0.717) is 30.0 Å². The number of hydrogen-bond acceptors (Lipinski definition) is 4. The lowest BCUT2D eigenvalue weighted by Crippen LogP contribution is -2.51. The minimum Gasteiger partial charge on any atom is -0.457 e. The Balaban J connectivity index is 1.48. The van der Waals surface area contributed by atoms with Crippen molar-refractivity contribution in [2.24, 2.45) is 40.4 Å². The van der Waals surface area contributed by atoms with E-state index in [1.54, 1.807) is 0 Å². The van der Waals surface area contributed by atoms with Crippen molar-refractivity contribution < 1.29 is 19.1 Å². The molecule has 0 saturated heterocycles. The number of carbonyl (C=O) groups is 3. The van der Waals surface area contributed by atoms with Gasteiger partial charge in [-0.3, -0.25) is 14.4 Å². The quantitative estimate of drug-likeness (QED) is 0.453. The van der Waals surface area contributed by atoms with E-state index in [-0.39, 0.29) is 41.0 Å². The van der Waals surface area contributed by atoms with E-state index in [4.69, 9.17) is 4.74 Å². The highest BCUT2D eigenvalue weighted by Crippen LogP contribution is 2.66. The molecule has 3 saturated carbocycles. The molecule has 30 heavy (non-hydrogen) atoms. The van der Waals surface area contributed by atoms with Gasteiger partial charge in [0.2, 0.25) is 0 Å². The molecule has 0 amide bonds. The van der Waals surface area contributed by atoms with E-state index < -0.39 is 0 Å². The van der Waals surface area contributed by atoms with E-state index in [2.05, 4.69) is 19.9 Å². The molecule has 4 heteroatoms. The van der Waals surface area contributed by atoms with Crippen LogP contribution in [0.5, 0.6) is 0 Å². The smallest absolute Gasteiger partial charge is 0.309 e. The van der Waals surface area contributed by atoms with Crippen LogP contribution in [0.3, 0.4) is 0 Å². The zero-order valence-corrected chi connectivity index (χ0v) is 19.2. The first kappa shape index (κ1) is 21.8. The molecule has 7 unspecified atom stereocenters. The zero-order valence-electron chi connectivity index (χ0n) is 19.2. The maximum Gasteiger partial charge on any atom is 0.309 e. The van der Waals surface area contributed by atoms with E-state index in [9.17, 15) is 14.4 Å². The molecule has 7 atom stereocenters. The number of rotatable bonds is 5. The maximum absolute atomic E-state index is 13.1.